The first-order valence-electron chi connectivity index (χ1n) is 8.24. The zero-order valence-corrected chi connectivity index (χ0v) is 14.3. The van der Waals surface area contributed by atoms with Gasteiger partial charge in [-0.1, -0.05) is 18.2 Å². The molecule has 2 aromatic heterocycles. The van der Waals surface area contributed by atoms with Crippen molar-refractivity contribution in [2.24, 2.45) is 0 Å². The van der Waals surface area contributed by atoms with E-state index in [1.165, 1.54) is 0 Å². The minimum Gasteiger partial charge on any atom is -0.490 e. The number of pyridine rings is 2. The van der Waals surface area contributed by atoms with Crippen LogP contribution in [-0.2, 0) is 0 Å². The summed E-state index contributed by atoms with van der Waals surface area (Å²) in [7, 11) is 0. The summed E-state index contributed by atoms with van der Waals surface area (Å²) in [5, 5.41) is 0. The topological polar surface area (TPSA) is 61.3 Å². The van der Waals surface area contributed by atoms with Crippen LogP contribution in [0.25, 0.3) is 12.2 Å². The Labute approximate surface area is 152 Å². The van der Waals surface area contributed by atoms with Gasteiger partial charge in [-0.2, -0.15) is 0 Å². The van der Waals surface area contributed by atoms with E-state index >= 15 is 0 Å². The Morgan fingerprint density at radius 3 is 2.58 bits per heavy atom. The van der Waals surface area contributed by atoms with E-state index in [0.717, 1.165) is 11.3 Å². The maximum atomic E-state index is 12.2. The normalized spacial score (nSPS) is 10.7. The smallest absolute Gasteiger partial charge is 0.343 e. The predicted molar refractivity (Wildman–Crippen MR) is 100.0 cm³/mol. The van der Waals surface area contributed by atoms with E-state index in [0.29, 0.717) is 23.7 Å². The minimum atomic E-state index is -0.454. The summed E-state index contributed by atoms with van der Waals surface area (Å²) in [6.45, 7) is 2.35. The minimum absolute atomic E-state index is 0.378. The van der Waals surface area contributed by atoms with Gasteiger partial charge in [-0.15, -0.1) is 0 Å². The average Bonchev–Trinajstić information content (AvgIpc) is 2.69. The lowest BCUT2D eigenvalue weighted by molar-refractivity contribution is 0.0728. The van der Waals surface area contributed by atoms with Crippen molar-refractivity contribution in [3.8, 4) is 11.5 Å². The quantitative estimate of drug-likeness (QED) is 0.493. The molecule has 5 nitrogen and oxygen atoms in total. The zero-order valence-electron chi connectivity index (χ0n) is 14.3. The molecule has 0 radical (unpaired) electrons. The van der Waals surface area contributed by atoms with Gasteiger partial charge < -0.3 is 9.47 Å². The standard InChI is InChI=1S/C21H18N2O3/c1-2-25-20-15-16(6-8-18-5-3-4-12-23-18)7-9-19(20)26-21(24)17-10-13-22-14-11-17/h3-15H,2H2,1H3/b8-6+. The fraction of sp³-hybridized carbons (Fsp3) is 0.0952. The molecular formula is C21H18N2O3. The van der Waals surface area contributed by atoms with E-state index in [2.05, 4.69) is 9.97 Å². The Morgan fingerprint density at radius 1 is 1.00 bits per heavy atom. The van der Waals surface area contributed by atoms with Gasteiger partial charge in [0.1, 0.15) is 0 Å². The average molecular weight is 346 g/mol. The first kappa shape index (κ1) is 17.4. The predicted octanol–water partition coefficient (Wildman–Crippen LogP) is 4.26. The fourth-order valence-electron chi connectivity index (χ4n) is 2.28. The van der Waals surface area contributed by atoms with Crippen LogP contribution in [0.5, 0.6) is 11.5 Å². The van der Waals surface area contributed by atoms with E-state index in [1.54, 1.807) is 36.8 Å². The van der Waals surface area contributed by atoms with Gasteiger partial charge in [-0.05, 0) is 55.0 Å². The van der Waals surface area contributed by atoms with Gasteiger partial charge in [-0.25, -0.2) is 4.79 Å². The third-order valence-electron chi connectivity index (χ3n) is 3.52. The van der Waals surface area contributed by atoms with E-state index in [9.17, 15) is 4.79 Å². The first-order valence-corrected chi connectivity index (χ1v) is 8.24. The molecule has 0 N–H and O–H groups in total. The van der Waals surface area contributed by atoms with Crippen LogP contribution >= 0.6 is 0 Å². The van der Waals surface area contributed by atoms with Crippen LogP contribution in [0.3, 0.4) is 0 Å². The number of benzene rings is 1. The van der Waals surface area contributed by atoms with Crippen molar-refractivity contribution in [2.75, 3.05) is 6.61 Å². The lowest BCUT2D eigenvalue weighted by atomic mass is 10.1. The Bertz CT molecular complexity index is 894. The van der Waals surface area contributed by atoms with Crippen LogP contribution in [-0.4, -0.2) is 22.5 Å². The van der Waals surface area contributed by atoms with Crippen molar-refractivity contribution in [3.63, 3.8) is 0 Å². The van der Waals surface area contributed by atoms with Crippen molar-refractivity contribution in [1.29, 1.82) is 0 Å². The summed E-state index contributed by atoms with van der Waals surface area (Å²) in [6.07, 6.45) is 8.68. The molecule has 26 heavy (non-hydrogen) atoms. The van der Waals surface area contributed by atoms with Gasteiger partial charge in [0, 0.05) is 18.6 Å². The zero-order chi connectivity index (χ0) is 18.2. The Hall–Kier alpha value is -3.47. The Kier molecular flexibility index (Phi) is 5.72. The van der Waals surface area contributed by atoms with Crippen LogP contribution in [0, 0.1) is 0 Å². The number of carbonyl (C=O) groups is 1. The number of carbonyl (C=O) groups excluding carboxylic acids is 1. The molecule has 3 rings (SSSR count). The van der Waals surface area contributed by atoms with Gasteiger partial charge in [0.15, 0.2) is 11.5 Å². The van der Waals surface area contributed by atoms with Gasteiger partial charge >= 0.3 is 5.97 Å². The molecule has 0 aliphatic heterocycles. The highest BCUT2D eigenvalue weighted by Gasteiger charge is 2.12. The van der Waals surface area contributed by atoms with E-state index in [4.69, 9.17) is 9.47 Å². The van der Waals surface area contributed by atoms with Gasteiger partial charge in [0.25, 0.3) is 0 Å². The summed E-state index contributed by atoms with van der Waals surface area (Å²) in [6, 6.07) is 14.3. The Balaban J connectivity index is 1.80. The van der Waals surface area contributed by atoms with Crippen LogP contribution in [0.1, 0.15) is 28.5 Å². The molecule has 3 aromatic rings. The van der Waals surface area contributed by atoms with E-state index in [-0.39, 0.29) is 0 Å². The van der Waals surface area contributed by atoms with Gasteiger partial charge in [-0.3, -0.25) is 9.97 Å². The highest BCUT2D eigenvalue weighted by atomic mass is 16.6. The van der Waals surface area contributed by atoms with E-state index in [1.807, 2.05) is 49.4 Å². The van der Waals surface area contributed by atoms with Gasteiger partial charge in [0.05, 0.1) is 17.9 Å². The third kappa shape index (κ3) is 4.54. The molecule has 2 heterocycles. The molecule has 0 spiro atoms. The molecule has 0 unspecified atom stereocenters. The molecule has 5 heteroatoms. The molecule has 0 amide bonds. The number of ether oxygens (including phenoxy) is 2. The van der Waals surface area contributed by atoms with Crippen LogP contribution in [0.15, 0.2) is 67.1 Å². The number of aromatic nitrogens is 2. The number of esters is 1. The van der Waals surface area contributed by atoms with Crippen molar-refractivity contribution >= 4 is 18.1 Å². The number of hydrogen-bond donors (Lipinski definition) is 0. The maximum Gasteiger partial charge on any atom is 0.343 e. The van der Waals surface area contributed by atoms with Crippen molar-refractivity contribution in [2.45, 2.75) is 6.92 Å². The van der Waals surface area contributed by atoms with Crippen molar-refractivity contribution < 1.29 is 14.3 Å². The molecule has 0 bridgehead atoms. The number of hydrogen-bond acceptors (Lipinski definition) is 5. The molecule has 1 aromatic carbocycles. The summed E-state index contributed by atoms with van der Waals surface area (Å²) in [4.78, 5) is 20.4. The molecule has 130 valence electrons. The maximum absolute atomic E-state index is 12.2. The first-order chi connectivity index (χ1) is 12.8. The van der Waals surface area contributed by atoms with Crippen LogP contribution < -0.4 is 9.47 Å². The molecule has 0 fully saturated rings. The summed E-state index contributed by atoms with van der Waals surface area (Å²) in [5.41, 5.74) is 2.21. The largest absolute Gasteiger partial charge is 0.490 e. The van der Waals surface area contributed by atoms with Crippen molar-refractivity contribution in [1.82, 2.24) is 9.97 Å². The Morgan fingerprint density at radius 2 is 1.85 bits per heavy atom. The lowest BCUT2D eigenvalue weighted by Gasteiger charge is -2.11. The summed E-state index contributed by atoms with van der Waals surface area (Å²) >= 11 is 0. The lowest BCUT2D eigenvalue weighted by Crippen LogP contribution is -2.09. The molecule has 0 aliphatic carbocycles. The number of nitrogens with zero attached hydrogens (tertiary/aromatic N) is 2. The highest BCUT2D eigenvalue weighted by Crippen LogP contribution is 2.30. The second-order valence-corrected chi connectivity index (χ2v) is 5.35. The molecule has 0 saturated heterocycles. The van der Waals surface area contributed by atoms with Gasteiger partial charge in [0.2, 0.25) is 0 Å². The molecule has 0 saturated carbocycles. The molecule has 0 aliphatic rings. The SMILES string of the molecule is CCOc1cc(/C=C/c2ccccn2)ccc1OC(=O)c1ccncc1. The monoisotopic (exact) mass is 346 g/mol. The van der Waals surface area contributed by atoms with Crippen LogP contribution in [0.2, 0.25) is 0 Å². The number of rotatable bonds is 6. The van der Waals surface area contributed by atoms with Crippen LogP contribution in [0.4, 0.5) is 0 Å². The molecular weight excluding hydrogens is 328 g/mol. The highest BCUT2D eigenvalue weighted by molar-refractivity contribution is 5.91. The van der Waals surface area contributed by atoms with E-state index < -0.39 is 5.97 Å². The van der Waals surface area contributed by atoms with Crippen molar-refractivity contribution in [3.05, 3.63) is 83.9 Å². The second kappa shape index (κ2) is 8.58. The third-order valence-corrected chi connectivity index (χ3v) is 3.52. The fourth-order valence-corrected chi connectivity index (χ4v) is 2.28. The summed E-state index contributed by atoms with van der Waals surface area (Å²) < 4.78 is 11.1. The second-order valence-electron chi connectivity index (χ2n) is 5.35. The molecule has 0 atom stereocenters. The summed E-state index contributed by atoms with van der Waals surface area (Å²) in [5.74, 6) is 0.437.